The summed E-state index contributed by atoms with van der Waals surface area (Å²) in [5.41, 5.74) is 0.694. The van der Waals surface area contributed by atoms with Gasteiger partial charge in [-0.3, -0.25) is 4.79 Å². The van der Waals surface area contributed by atoms with Gasteiger partial charge in [0.1, 0.15) is 0 Å². The summed E-state index contributed by atoms with van der Waals surface area (Å²) in [4.78, 5) is 11.6. The van der Waals surface area contributed by atoms with Gasteiger partial charge in [-0.2, -0.15) is 0 Å². The Morgan fingerprint density at radius 1 is 1.04 bits per heavy atom. The Morgan fingerprint density at radius 3 is 2.57 bits per heavy atom. The summed E-state index contributed by atoms with van der Waals surface area (Å²) in [6.07, 6.45) is 10.1. The third kappa shape index (κ3) is 2.22. The molecular formula is C20H32O3. The number of aliphatic carboxylic acids is 1. The first-order valence-electron chi connectivity index (χ1n) is 9.76. The van der Waals surface area contributed by atoms with E-state index in [4.69, 9.17) is 0 Å². The Bertz CT molecular complexity index is 503. The van der Waals surface area contributed by atoms with E-state index in [0.717, 1.165) is 11.8 Å². The molecule has 4 fully saturated rings. The van der Waals surface area contributed by atoms with Crippen LogP contribution in [0, 0.1) is 40.4 Å². The van der Waals surface area contributed by atoms with Gasteiger partial charge in [0, 0.05) is 0 Å². The third-order valence-corrected chi connectivity index (χ3v) is 8.81. The second-order valence-corrected chi connectivity index (χ2v) is 9.69. The summed E-state index contributed by atoms with van der Waals surface area (Å²) in [5, 5.41) is 19.8. The van der Waals surface area contributed by atoms with Gasteiger partial charge in [0.25, 0.3) is 0 Å². The van der Waals surface area contributed by atoms with Crippen LogP contribution in [0.4, 0.5) is 0 Å². The number of carbonyl (C=O) groups is 1. The van der Waals surface area contributed by atoms with Crippen LogP contribution >= 0.6 is 0 Å². The van der Waals surface area contributed by atoms with E-state index in [0.29, 0.717) is 30.1 Å². The van der Waals surface area contributed by atoms with Crippen molar-refractivity contribution in [1.29, 1.82) is 0 Å². The average Bonchev–Trinajstić information content (AvgIpc) is 2.89. The van der Waals surface area contributed by atoms with Crippen molar-refractivity contribution in [2.75, 3.05) is 0 Å². The summed E-state index contributed by atoms with van der Waals surface area (Å²) in [6, 6.07) is 0. The first-order chi connectivity index (χ1) is 10.8. The summed E-state index contributed by atoms with van der Waals surface area (Å²) in [5.74, 6) is 1.55. The predicted molar refractivity (Wildman–Crippen MR) is 88.9 cm³/mol. The number of hydrogen-bond acceptors (Lipinski definition) is 2. The Balaban J connectivity index is 1.63. The minimum Gasteiger partial charge on any atom is -0.481 e. The first-order valence-corrected chi connectivity index (χ1v) is 9.76. The minimum absolute atomic E-state index is 0.134. The van der Waals surface area contributed by atoms with Crippen molar-refractivity contribution in [1.82, 2.24) is 0 Å². The fourth-order valence-corrected chi connectivity index (χ4v) is 7.55. The molecule has 0 bridgehead atoms. The largest absolute Gasteiger partial charge is 0.481 e. The van der Waals surface area contributed by atoms with Crippen LogP contribution < -0.4 is 0 Å². The number of rotatable bonds is 1. The van der Waals surface area contributed by atoms with Crippen molar-refractivity contribution < 1.29 is 15.0 Å². The number of fused-ring (bicyclic) bond motifs is 5. The fraction of sp³-hybridized carbons (Fsp3) is 0.950. The van der Waals surface area contributed by atoms with E-state index in [1.165, 1.54) is 44.9 Å². The molecule has 2 N–H and O–H groups in total. The van der Waals surface area contributed by atoms with Crippen LogP contribution in [-0.4, -0.2) is 22.3 Å². The van der Waals surface area contributed by atoms with E-state index in [1.54, 1.807) is 0 Å². The average molecular weight is 320 g/mol. The smallest absolute Gasteiger partial charge is 0.309 e. The Kier molecular flexibility index (Phi) is 3.61. The van der Waals surface area contributed by atoms with E-state index in [-0.39, 0.29) is 5.41 Å². The molecule has 4 aliphatic carbocycles. The zero-order valence-electron chi connectivity index (χ0n) is 14.6. The van der Waals surface area contributed by atoms with Crippen molar-refractivity contribution in [3.05, 3.63) is 0 Å². The van der Waals surface area contributed by atoms with E-state index < -0.39 is 18.0 Å². The molecule has 8 atom stereocenters. The lowest BCUT2D eigenvalue weighted by molar-refractivity contribution is -0.167. The van der Waals surface area contributed by atoms with Crippen LogP contribution in [0.1, 0.15) is 71.6 Å². The Morgan fingerprint density at radius 2 is 1.83 bits per heavy atom. The molecule has 3 heteroatoms. The molecule has 4 saturated carbocycles. The quantitative estimate of drug-likeness (QED) is 0.765. The van der Waals surface area contributed by atoms with Crippen LogP contribution in [0.2, 0.25) is 0 Å². The van der Waals surface area contributed by atoms with Gasteiger partial charge in [-0.05, 0) is 85.9 Å². The van der Waals surface area contributed by atoms with E-state index in [1.807, 2.05) is 0 Å². The third-order valence-electron chi connectivity index (χ3n) is 8.81. The highest BCUT2D eigenvalue weighted by atomic mass is 16.4. The van der Waals surface area contributed by atoms with Crippen molar-refractivity contribution in [2.45, 2.75) is 77.7 Å². The second kappa shape index (κ2) is 5.21. The molecule has 0 aromatic heterocycles. The maximum atomic E-state index is 11.6. The van der Waals surface area contributed by atoms with E-state index >= 15 is 0 Å². The molecule has 0 aromatic rings. The predicted octanol–water partition coefficient (Wildman–Crippen LogP) is 4.09. The lowest BCUT2D eigenvalue weighted by Gasteiger charge is -2.61. The van der Waals surface area contributed by atoms with Gasteiger partial charge >= 0.3 is 5.97 Å². The minimum atomic E-state index is -0.791. The number of carboxylic acid groups (broad SMARTS) is 1. The highest BCUT2D eigenvalue weighted by molar-refractivity contribution is 5.71. The van der Waals surface area contributed by atoms with Crippen LogP contribution in [0.3, 0.4) is 0 Å². The molecule has 0 saturated heterocycles. The van der Waals surface area contributed by atoms with Crippen LogP contribution in [0.5, 0.6) is 0 Å². The molecule has 0 heterocycles. The highest BCUT2D eigenvalue weighted by Gasteiger charge is 2.59. The fourth-order valence-electron chi connectivity index (χ4n) is 7.55. The van der Waals surface area contributed by atoms with Crippen LogP contribution in [0.25, 0.3) is 0 Å². The number of aliphatic hydroxyl groups excluding tert-OH is 1. The highest BCUT2D eigenvalue weighted by Crippen LogP contribution is 2.66. The summed E-state index contributed by atoms with van der Waals surface area (Å²) in [7, 11) is 0. The van der Waals surface area contributed by atoms with Gasteiger partial charge < -0.3 is 10.2 Å². The Hall–Kier alpha value is -0.570. The SMILES string of the molecule is C[C@@]12CCC[C@H]1[C@@H]1CCC3CC(O)C(C(=O)O)C[C@]3(C)[C@@H]1CC2. The van der Waals surface area contributed by atoms with Crippen molar-refractivity contribution in [3.8, 4) is 0 Å². The zero-order chi connectivity index (χ0) is 16.4. The van der Waals surface area contributed by atoms with E-state index in [9.17, 15) is 15.0 Å². The lowest BCUT2D eigenvalue weighted by Crippen LogP contribution is -2.55. The normalized spacial score (nSPS) is 55.6. The van der Waals surface area contributed by atoms with Gasteiger partial charge in [-0.25, -0.2) is 0 Å². The number of hydrogen-bond donors (Lipinski definition) is 2. The molecule has 0 aromatic carbocycles. The molecule has 0 aliphatic heterocycles. The zero-order valence-corrected chi connectivity index (χ0v) is 14.6. The molecule has 130 valence electrons. The molecule has 0 spiro atoms. The van der Waals surface area contributed by atoms with Gasteiger partial charge in [0.15, 0.2) is 0 Å². The molecule has 0 amide bonds. The second-order valence-electron chi connectivity index (χ2n) is 9.69. The molecule has 0 radical (unpaired) electrons. The summed E-state index contributed by atoms with van der Waals surface area (Å²) < 4.78 is 0. The van der Waals surface area contributed by atoms with Gasteiger partial charge in [-0.15, -0.1) is 0 Å². The van der Waals surface area contributed by atoms with E-state index in [2.05, 4.69) is 13.8 Å². The summed E-state index contributed by atoms with van der Waals surface area (Å²) in [6.45, 7) is 4.88. The van der Waals surface area contributed by atoms with Crippen molar-refractivity contribution in [2.24, 2.45) is 40.4 Å². The molecule has 23 heavy (non-hydrogen) atoms. The summed E-state index contributed by atoms with van der Waals surface area (Å²) >= 11 is 0. The molecule has 3 nitrogen and oxygen atoms in total. The van der Waals surface area contributed by atoms with Crippen molar-refractivity contribution in [3.63, 3.8) is 0 Å². The van der Waals surface area contributed by atoms with Crippen molar-refractivity contribution >= 4 is 5.97 Å². The standard InChI is InChI=1S/C20H32O3/c1-19-8-3-4-15(19)13-6-5-12-10-17(21)14(18(22)23)11-20(12,2)16(13)7-9-19/h12-17,21H,3-11H2,1-2H3,(H,22,23)/t12?,13-,14?,15-,16+,17?,19-,20-/m0/s1. The first kappa shape index (κ1) is 15.9. The maximum Gasteiger partial charge on any atom is 0.309 e. The van der Waals surface area contributed by atoms with Gasteiger partial charge in [0.05, 0.1) is 12.0 Å². The van der Waals surface area contributed by atoms with Gasteiger partial charge in [-0.1, -0.05) is 20.3 Å². The Labute approximate surface area is 139 Å². The molecule has 4 aliphatic rings. The maximum absolute atomic E-state index is 11.6. The monoisotopic (exact) mass is 320 g/mol. The molecule has 3 unspecified atom stereocenters. The topological polar surface area (TPSA) is 57.5 Å². The van der Waals surface area contributed by atoms with Crippen LogP contribution in [0.15, 0.2) is 0 Å². The number of carboxylic acids is 1. The lowest BCUT2D eigenvalue weighted by atomic mass is 9.44. The van der Waals surface area contributed by atoms with Crippen LogP contribution in [-0.2, 0) is 4.79 Å². The molecular weight excluding hydrogens is 288 g/mol. The van der Waals surface area contributed by atoms with Gasteiger partial charge in [0.2, 0.25) is 0 Å². The number of aliphatic hydroxyl groups is 1. The molecule has 4 rings (SSSR count).